The summed E-state index contributed by atoms with van der Waals surface area (Å²) in [6.45, 7) is 8.67. The summed E-state index contributed by atoms with van der Waals surface area (Å²) in [5.41, 5.74) is 1.24. The van der Waals surface area contributed by atoms with E-state index in [0.29, 0.717) is 5.92 Å². The number of rotatable bonds is 8. The Morgan fingerprint density at radius 2 is 2.05 bits per heavy atom. The molecule has 1 saturated carbocycles. The summed E-state index contributed by atoms with van der Waals surface area (Å²) >= 11 is 0. The molecule has 1 aromatic rings. The van der Waals surface area contributed by atoms with E-state index in [2.05, 4.69) is 55.6 Å². The molecule has 0 saturated heterocycles. The first-order chi connectivity index (χ1) is 10.2. The highest BCUT2D eigenvalue weighted by Crippen LogP contribution is 2.40. The van der Waals surface area contributed by atoms with Crippen molar-refractivity contribution in [2.45, 2.75) is 52.1 Å². The van der Waals surface area contributed by atoms with Crippen molar-refractivity contribution in [2.24, 2.45) is 5.92 Å². The number of ether oxygens (including phenoxy) is 1. The lowest BCUT2D eigenvalue weighted by Crippen LogP contribution is -2.45. The normalized spacial score (nSPS) is 17.1. The summed E-state index contributed by atoms with van der Waals surface area (Å²) in [5, 5.41) is 3.54. The molecule has 2 rings (SSSR count). The van der Waals surface area contributed by atoms with Gasteiger partial charge in [-0.1, -0.05) is 44.2 Å². The molecule has 0 heterocycles. The van der Waals surface area contributed by atoms with Crippen molar-refractivity contribution < 1.29 is 4.74 Å². The maximum atomic E-state index is 6.44. The van der Waals surface area contributed by atoms with Gasteiger partial charge in [0.05, 0.1) is 0 Å². The van der Waals surface area contributed by atoms with Gasteiger partial charge in [0.1, 0.15) is 11.4 Å². The fourth-order valence-electron chi connectivity index (χ4n) is 2.81. The zero-order valence-corrected chi connectivity index (χ0v) is 13.7. The van der Waals surface area contributed by atoms with E-state index in [1.807, 2.05) is 6.92 Å². The average molecular weight is 287 g/mol. The SMILES string of the molecule is C/C=C/c1ccccc1OC1(CCNCC(C)C)CCC1. The Kier molecular flexibility index (Phi) is 5.86. The molecule has 2 nitrogen and oxygen atoms in total. The predicted octanol–water partition coefficient (Wildman–Crippen LogP) is 4.66. The van der Waals surface area contributed by atoms with Crippen molar-refractivity contribution in [3.8, 4) is 5.75 Å². The van der Waals surface area contributed by atoms with E-state index in [1.165, 1.54) is 24.8 Å². The molecule has 0 spiro atoms. The Labute approximate surface area is 129 Å². The van der Waals surface area contributed by atoms with E-state index >= 15 is 0 Å². The molecule has 0 unspecified atom stereocenters. The van der Waals surface area contributed by atoms with Crippen LogP contribution < -0.4 is 10.1 Å². The van der Waals surface area contributed by atoms with Gasteiger partial charge in [-0.3, -0.25) is 0 Å². The quantitative estimate of drug-likeness (QED) is 0.702. The molecule has 1 fully saturated rings. The summed E-state index contributed by atoms with van der Waals surface area (Å²) in [5.74, 6) is 1.73. The Hall–Kier alpha value is -1.28. The molecule has 1 aliphatic rings. The van der Waals surface area contributed by atoms with Gasteiger partial charge in [-0.25, -0.2) is 0 Å². The smallest absolute Gasteiger partial charge is 0.127 e. The van der Waals surface area contributed by atoms with Crippen LogP contribution in [-0.2, 0) is 0 Å². The van der Waals surface area contributed by atoms with E-state index in [-0.39, 0.29) is 5.60 Å². The second-order valence-electron chi connectivity index (χ2n) is 6.52. The predicted molar refractivity (Wildman–Crippen MR) is 90.7 cm³/mol. The maximum Gasteiger partial charge on any atom is 0.127 e. The molecule has 0 amide bonds. The lowest BCUT2D eigenvalue weighted by Gasteiger charge is -2.42. The zero-order valence-electron chi connectivity index (χ0n) is 13.7. The first-order valence-corrected chi connectivity index (χ1v) is 8.27. The van der Waals surface area contributed by atoms with E-state index in [1.54, 1.807) is 0 Å². The third-order valence-corrected chi connectivity index (χ3v) is 4.17. The fourth-order valence-corrected chi connectivity index (χ4v) is 2.81. The molecule has 0 atom stereocenters. The molecule has 1 N–H and O–H groups in total. The van der Waals surface area contributed by atoms with Crippen molar-refractivity contribution in [1.29, 1.82) is 0 Å². The summed E-state index contributed by atoms with van der Waals surface area (Å²) in [6.07, 6.45) is 8.94. The van der Waals surface area contributed by atoms with Gasteiger partial charge in [0.2, 0.25) is 0 Å². The molecular weight excluding hydrogens is 258 g/mol. The molecule has 116 valence electrons. The van der Waals surface area contributed by atoms with Crippen LogP contribution in [0.2, 0.25) is 0 Å². The van der Waals surface area contributed by atoms with E-state index in [4.69, 9.17) is 4.74 Å². The number of hydrogen-bond acceptors (Lipinski definition) is 2. The Balaban J connectivity index is 1.95. The van der Waals surface area contributed by atoms with Crippen LogP contribution in [0.25, 0.3) is 6.08 Å². The summed E-state index contributed by atoms with van der Waals surface area (Å²) in [6, 6.07) is 8.35. The zero-order chi connectivity index (χ0) is 15.1. The van der Waals surface area contributed by atoms with Gasteiger partial charge in [-0.2, -0.15) is 0 Å². The summed E-state index contributed by atoms with van der Waals surface area (Å²) in [4.78, 5) is 0. The number of nitrogens with one attached hydrogen (secondary N) is 1. The van der Waals surface area contributed by atoms with Crippen LogP contribution in [0.15, 0.2) is 30.3 Å². The average Bonchev–Trinajstić information content (AvgIpc) is 2.42. The first kappa shape index (κ1) is 16.1. The minimum Gasteiger partial charge on any atom is -0.487 e. The fraction of sp³-hybridized carbons (Fsp3) is 0.579. The molecule has 1 aromatic carbocycles. The third kappa shape index (κ3) is 4.60. The molecule has 1 aliphatic carbocycles. The van der Waals surface area contributed by atoms with Crippen LogP contribution in [0.5, 0.6) is 5.75 Å². The molecule has 0 aromatic heterocycles. The summed E-state index contributed by atoms with van der Waals surface area (Å²) in [7, 11) is 0. The van der Waals surface area contributed by atoms with Crippen LogP contribution in [-0.4, -0.2) is 18.7 Å². The van der Waals surface area contributed by atoms with Crippen LogP contribution >= 0.6 is 0 Å². The molecule has 0 radical (unpaired) electrons. The van der Waals surface area contributed by atoms with Gasteiger partial charge in [0.15, 0.2) is 0 Å². The van der Waals surface area contributed by atoms with E-state index in [9.17, 15) is 0 Å². The molecule has 21 heavy (non-hydrogen) atoms. The largest absolute Gasteiger partial charge is 0.487 e. The monoisotopic (exact) mass is 287 g/mol. The van der Waals surface area contributed by atoms with Gasteiger partial charge in [-0.05, 0) is 57.7 Å². The van der Waals surface area contributed by atoms with Crippen LogP contribution in [0, 0.1) is 5.92 Å². The first-order valence-electron chi connectivity index (χ1n) is 8.27. The van der Waals surface area contributed by atoms with Gasteiger partial charge in [0, 0.05) is 5.56 Å². The van der Waals surface area contributed by atoms with Gasteiger partial charge in [0.25, 0.3) is 0 Å². The second-order valence-corrected chi connectivity index (χ2v) is 6.52. The Morgan fingerprint density at radius 1 is 1.29 bits per heavy atom. The minimum absolute atomic E-state index is 0.0572. The number of para-hydroxylation sites is 1. The van der Waals surface area contributed by atoms with Crippen LogP contribution in [0.4, 0.5) is 0 Å². The highest BCUT2D eigenvalue weighted by molar-refractivity contribution is 5.57. The topological polar surface area (TPSA) is 21.3 Å². The Morgan fingerprint density at radius 3 is 2.67 bits per heavy atom. The molecule has 0 bridgehead atoms. The highest BCUT2D eigenvalue weighted by Gasteiger charge is 2.39. The third-order valence-electron chi connectivity index (χ3n) is 4.17. The lowest BCUT2D eigenvalue weighted by atomic mass is 9.77. The van der Waals surface area contributed by atoms with Gasteiger partial charge >= 0.3 is 0 Å². The van der Waals surface area contributed by atoms with Crippen molar-refractivity contribution in [1.82, 2.24) is 5.32 Å². The van der Waals surface area contributed by atoms with Crippen LogP contribution in [0.3, 0.4) is 0 Å². The van der Waals surface area contributed by atoms with E-state index < -0.39 is 0 Å². The summed E-state index contributed by atoms with van der Waals surface area (Å²) < 4.78 is 6.44. The molecular formula is C19H29NO. The van der Waals surface area contributed by atoms with Crippen molar-refractivity contribution in [2.75, 3.05) is 13.1 Å². The molecule has 2 heteroatoms. The van der Waals surface area contributed by atoms with Gasteiger partial charge < -0.3 is 10.1 Å². The second kappa shape index (κ2) is 7.65. The number of allylic oxidation sites excluding steroid dienone is 1. The number of benzene rings is 1. The maximum absolute atomic E-state index is 6.44. The molecule has 0 aliphatic heterocycles. The van der Waals surface area contributed by atoms with Crippen LogP contribution in [0.1, 0.15) is 52.0 Å². The highest BCUT2D eigenvalue weighted by atomic mass is 16.5. The lowest BCUT2D eigenvalue weighted by molar-refractivity contribution is -0.0144. The standard InChI is InChI=1S/C19H29NO/c1-4-8-17-9-5-6-10-18(17)21-19(11-7-12-19)13-14-20-15-16(2)3/h4-6,8-10,16,20H,7,11-15H2,1-3H3/b8-4+. The Bertz CT molecular complexity index is 460. The van der Waals surface area contributed by atoms with Crippen molar-refractivity contribution in [3.63, 3.8) is 0 Å². The van der Waals surface area contributed by atoms with Crippen molar-refractivity contribution in [3.05, 3.63) is 35.9 Å². The minimum atomic E-state index is 0.0572. The van der Waals surface area contributed by atoms with Crippen molar-refractivity contribution >= 4 is 6.08 Å². The number of hydrogen-bond donors (Lipinski definition) is 1. The van der Waals surface area contributed by atoms with Gasteiger partial charge in [-0.15, -0.1) is 0 Å². The van der Waals surface area contributed by atoms with E-state index in [0.717, 1.165) is 25.3 Å².